The second kappa shape index (κ2) is 4.09. The Morgan fingerprint density at radius 2 is 2.25 bits per heavy atom. The van der Waals surface area contributed by atoms with Crippen molar-refractivity contribution >= 4 is 5.84 Å². The van der Waals surface area contributed by atoms with Crippen molar-refractivity contribution in [2.24, 2.45) is 5.16 Å². The van der Waals surface area contributed by atoms with Gasteiger partial charge in [-0.3, -0.25) is 0 Å². The molecule has 1 aromatic rings. The van der Waals surface area contributed by atoms with Crippen LogP contribution in [0.4, 0.5) is 0 Å². The maximum atomic E-state index is 4.86. The third-order valence-electron chi connectivity index (χ3n) is 2.90. The van der Waals surface area contributed by atoms with E-state index < -0.39 is 0 Å². The van der Waals surface area contributed by atoms with Crippen LogP contribution in [0, 0.1) is 0 Å². The fraction of sp³-hybridized carbons (Fsp3) is 0.667. The molecule has 86 valence electrons. The van der Waals surface area contributed by atoms with Gasteiger partial charge in [-0.15, -0.1) is 5.10 Å². The highest BCUT2D eigenvalue weighted by molar-refractivity contribution is 5.96. The molecule has 0 atom stereocenters. The van der Waals surface area contributed by atoms with Gasteiger partial charge < -0.3 is 15.5 Å². The van der Waals surface area contributed by atoms with Gasteiger partial charge in [0.1, 0.15) is 0 Å². The lowest BCUT2D eigenvalue weighted by Crippen LogP contribution is -2.29. The van der Waals surface area contributed by atoms with Gasteiger partial charge in [0.25, 0.3) is 0 Å². The maximum Gasteiger partial charge on any atom is 0.197 e. The highest BCUT2D eigenvalue weighted by atomic mass is 16.6. The van der Waals surface area contributed by atoms with E-state index >= 15 is 0 Å². The Bertz CT molecular complexity index is 394. The Morgan fingerprint density at radius 1 is 1.38 bits per heavy atom. The zero-order chi connectivity index (χ0) is 10.8. The molecule has 2 N–H and O–H groups in total. The molecule has 2 aliphatic heterocycles. The van der Waals surface area contributed by atoms with Gasteiger partial charge >= 0.3 is 0 Å². The Labute approximate surface area is 92.8 Å². The first-order valence-corrected chi connectivity index (χ1v) is 5.50. The minimum Gasteiger partial charge on any atom is -0.372 e. The Balaban J connectivity index is 1.76. The van der Waals surface area contributed by atoms with Crippen LogP contribution >= 0.6 is 0 Å². The van der Waals surface area contributed by atoms with E-state index in [0.717, 1.165) is 31.6 Å². The first-order valence-electron chi connectivity index (χ1n) is 5.50. The molecule has 2 aliphatic rings. The molecule has 0 bridgehead atoms. The van der Waals surface area contributed by atoms with Crippen LogP contribution in [0.15, 0.2) is 11.4 Å². The Hall–Kier alpha value is -1.63. The minimum atomic E-state index is 0.412. The summed E-state index contributed by atoms with van der Waals surface area (Å²) >= 11 is 0. The lowest BCUT2D eigenvalue weighted by Gasteiger charge is -2.22. The second-order valence-corrected chi connectivity index (χ2v) is 3.96. The Kier molecular flexibility index (Phi) is 2.45. The average molecular weight is 222 g/mol. The summed E-state index contributed by atoms with van der Waals surface area (Å²) in [7, 11) is 0. The van der Waals surface area contributed by atoms with E-state index in [2.05, 4.69) is 26.1 Å². The number of hydrogen-bond acceptors (Lipinski definition) is 6. The molecule has 3 rings (SSSR count). The fourth-order valence-electron chi connectivity index (χ4n) is 2.00. The van der Waals surface area contributed by atoms with Crippen molar-refractivity contribution in [2.45, 2.75) is 18.9 Å². The van der Waals surface area contributed by atoms with Gasteiger partial charge in [0.05, 0.1) is 12.2 Å². The number of oxime groups is 1. The van der Waals surface area contributed by atoms with Crippen LogP contribution in [0.2, 0.25) is 0 Å². The lowest BCUT2D eigenvalue weighted by molar-refractivity contribution is 0.164. The van der Waals surface area contributed by atoms with Crippen LogP contribution < -0.4 is 10.6 Å². The second-order valence-electron chi connectivity index (χ2n) is 3.96. The Morgan fingerprint density at radius 3 is 3.00 bits per heavy atom. The number of nitrogens with zero attached hydrogens (tertiary/aromatic N) is 4. The molecule has 0 spiro atoms. The summed E-state index contributed by atoms with van der Waals surface area (Å²) in [6, 6.07) is 0.449. The molecule has 0 saturated carbocycles. The van der Waals surface area contributed by atoms with Crippen LogP contribution in [0.3, 0.4) is 0 Å². The third kappa shape index (κ3) is 1.73. The number of nitrogens with one attached hydrogen (secondary N) is 2. The third-order valence-corrected chi connectivity index (χ3v) is 2.90. The first-order chi connectivity index (χ1) is 7.93. The molecule has 3 heterocycles. The van der Waals surface area contributed by atoms with E-state index in [1.54, 1.807) is 0 Å². The van der Waals surface area contributed by atoms with Crippen molar-refractivity contribution in [3.8, 4) is 0 Å². The normalized spacial score (nSPS) is 21.4. The molecular formula is C9H14N6O. The van der Waals surface area contributed by atoms with Crippen LogP contribution in [0.25, 0.3) is 0 Å². The molecule has 0 aliphatic carbocycles. The van der Waals surface area contributed by atoms with Gasteiger partial charge in [0.2, 0.25) is 0 Å². The predicted molar refractivity (Wildman–Crippen MR) is 56.8 cm³/mol. The highest BCUT2D eigenvalue weighted by Gasteiger charge is 2.19. The van der Waals surface area contributed by atoms with Crippen LogP contribution in [0.5, 0.6) is 0 Å². The largest absolute Gasteiger partial charge is 0.372 e. The number of amidine groups is 1. The van der Waals surface area contributed by atoms with Gasteiger partial charge in [0.15, 0.2) is 18.3 Å². The SMILES string of the molecule is c1c(C2=NOCN2)nnn1C1CCNCC1. The molecule has 0 radical (unpaired) electrons. The van der Waals surface area contributed by atoms with E-state index in [0.29, 0.717) is 18.6 Å². The molecule has 1 fully saturated rings. The van der Waals surface area contributed by atoms with Crippen molar-refractivity contribution in [3.05, 3.63) is 11.9 Å². The monoisotopic (exact) mass is 222 g/mol. The molecular weight excluding hydrogens is 208 g/mol. The molecule has 7 heteroatoms. The predicted octanol–water partition coefficient (Wildman–Crippen LogP) is -0.558. The van der Waals surface area contributed by atoms with E-state index in [9.17, 15) is 0 Å². The van der Waals surface area contributed by atoms with Crippen molar-refractivity contribution < 1.29 is 4.84 Å². The molecule has 1 aromatic heterocycles. The summed E-state index contributed by atoms with van der Waals surface area (Å²) in [4.78, 5) is 4.86. The molecule has 0 amide bonds. The zero-order valence-electron chi connectivity index (χ0n) is 8.89. The highest BCUT2D eigenvalue weighted by Crippen LogP contribution is 2.17. The number of piperidine rings is 1. The van der Waals surface area contributed by atoms with Crippen molar-refractivity contribution in [3.63, 3.8) is 0 Å². The zero-order valence-corrected chi connectivity index (χ0v) is 8.89. The molecule has 7 nitrogen and oxygen atoms in total. The molecule has 0 aromatic carbocycles. The smallest absolute Gasteiger partial charge is 0.197 e. The fourth-order valence-corrected chi connectivity index (χ4v) is 2.00. The summed E-state index contributed by atoms with van der Waals surface area (Å²) in [5.41, 5.74) is 0.746. The summed E-state index contributed by atoms with van der Waals surface area (Å²) in [5.74, 6) is 0.667. The van der Waals surface area contributed by atoms with Gasteiger partial charge in [-0.25, -0.2) is 4.68 Å². The summed E-state index contributed by atoms with van der Waals surface area (Å²) in [6.45, 7) is 2.50. The van der Waals surface area contributed by atoms with Gasteiger partial charge in [-0.1, -0.05) is 10.4 Å². The van der Waals surface area contributed by atoms with E-state index in [4.69, 9.17) is 4.84 Å². The van der Waals surface area contributed by atoms with Crippen LogP contribution in [0.1, 0.15) is 24.6 Å². The number of hydrogen-bond donors (Lipinski definition) is 2. The molecule has 0 unspecified atom stereocenters. The topological polar surface area (TPSA) is 76.4 Å². The van der Waals surface area contributed by atoms with Crippen LogP contribution in [-0.2, 0) is 4.84 Å². The number of aromatic nitrogens is 3. The first kappa shape index (κ1) is 9.59. The standard InChI is InChI=1S/C9H14N6O/c1-3-10-4-2-7(1)15-5-8(12-14-15)9-11-6-16-13-9/h5,7,10H,1-4,6H2,(H,11,13). The molecule has 1 saturated heterocycles. The van der Waals surface area contributed by atoms with Crippen molar-refractivity contribution in [2.75, 3.05) is 19.8 Å². The van der Waals surface area contributed by atoms with Crippen molar-refractivity contribution in [1.29, 1.82) is 0 Å². The van der Waals surface area contributed by atoms with Gasteiger partial charge in [-0.05, 0) is 25.9 Å². The van der Waals surface area contributed by atoms with Crippen molar-refractivity contribution in [1.82, 2.24) is 25.6 Å². The number of rotatable bonds is 2. The van der Waals surface area contributed by atoms with E-state index in [-0.39, 0.29) is 0 Å². The minimum absolute atomic E-state index is 0.412. The quantitative estimate of drug-likeness (QED) is 0.701. The summed E-state index contributed by atoms with van der Waals surface area (Å²) < 4.78 is 1.93. The van der Waals surface area contributed by atoms with Crippen LogP contribution in [-0.4, -0.2) is 40.6 Å². The van der Waals surface area contributed by atoms with E-state index in [1.807, 2.05) is 10.9 Å². The van der Waals surface area contributed by atoms with Gasteiger partial charge in [-0.2, -0.15) is 0 Å². The maximum absolute atomic E-state index is 4.86. The lowest BCUT2D eigenvalue weighted by atomic mass is 10.1. The van der Waals surface area contributed by atoms with E-state index in [1.165, 1.54) is 0 Å². The summed E-state index contributed by atoms with van der Waals surface area (Å²) in [5, 5.41) is 18.4. The average Bonchev–Trinajstić information content (AvgIpc) is 3.01. The summed E-state index contributed by atoms with van der Waals surface area (Å²) in [6.07, 6.45) is 4.12. The molecule has 16 heavy (non-hydrogen) atoms. The van der Waals surface area contributed by atoms with Gasteiger partial charge in [0, 0.05) is 0 Å².